The fraction of sp³-hybridized carbons (Fsp3) is 0.346. The van der Waals surface area contributed by atoms with E-state index in [1.807, 2.05) is 31.2 Å². The lowest BCUT2D eigenvalue weighted by molar-refractivity contribution is -0.274. The molecule has 0 aliphatic carbocycles. The molecule has 10 nitrogen and oxygen atoms in total. The van der Waals surface area contributed by atoms with Crippen LogP contribution in [0.3, 0.4) is 0 Å². The van der Waals surface area contributed by atoms with Crippen molar-refractivity contribution in [3.05, 3.63) is 80.5 Å². The molecule has 0 unspecified atom stereocenters. The minimum atomic E-state index is -4.88. The topological polar surface area (TPSA) is 98.7 Å². The summed E-state index contributed by atoms with van der Waals surface area (Å²) < 4.78 is 62.1. The molecule has 0 spiro atoms. The molecule has 0 amide bonds. The maximum absolute atomic E-state index is 13.6. The van der Waals surface area contributed by atoms with Crippen LogP contribution in [0.5, 0.6) is 17.5 Å². The van der Waals surface area contributed by atoms with E-state index in [2.05, 4.69) is 9.72 Å². The number of hydrogen-bond donors (Lipinski definition) is 0. The number of benzene rings is 2. The van der Waals surface area contributed by atoms with Gasteiger partial charge in [0.25, 0.3) is 5.56 Å². The van der Waals surface area contributed by atoms with E-state index in [1.54, 1.807) is 0 Å². The predicted molar refractivity (Wildman–Crippen MR) is 135 cm³/mol. The third-order valence-electron chi connectivity index (χ3n) is 5.80. The summed E-state index contributed by atoms with van der Waals surface area (Å²) in [5.41, 5.74) is 0.785. The Hall–Kier alpha value is -4.10. The molecule has 0 N–H and O–H groups in total. The highest BCUT2D eigenvalue weighted by Crippen LogP contribution is 2.30. The molecule has 0 bridgehead atoms. The molecular formula is C26H27F3N4O6. The van der Waals surface area contributed by atoms with Gasteiger partial charge in [-0.05, 0) is 24.6 Å². The van der Waals surface area contributed by atoms with Gasteiger partial charge in [-0.15, -0.1) is 13.2 Å². The Kier molecular flexibility index (Phi) is 8.41. The van der Waals surface area contributed by atoms with Crippen LogP contribution in [0.1, 0.15) is 11.1 Å². The summed E-state index contributed by atoms with van der Waals surface area (Å²) >= 11 is 0. The first-order chi connectivity index (χ1) is 18.6. The van der Waals surface area contributed by atoms with Crippen LogP contribution in [0, 0.1) is 6.92 Å². The van der Waals surface area contributed by atoms with Crippen molar-refractivity contribution < 1.29 is 32.1 Å². The molecule has 39 heavy (non-hydrogen) atoms. The first-order valence-electron chi connectivity index (χ1n) is 11.9. The third-order valence-corrected chi connectivity index (χ3v) is 5.80. The van der Waals surface area contributed by atoms with E-state index < -0.39 is 23.4 Å². The highest BCUT2D eigenvalue weighted by atomic mass is 19.4. The number of ether oxygens (including phenoxy) is 4. The van der Waals surface area contributed by atoms with E-state index in [4.69, 9.17) is 14.2 Å². The van der Waals surface area contributed by atoms with Gasteiger partial charge in [0.2, 0.25) is 0 Å². The van der Waals surface area contributed by atoms with E-state index in [1.165, 1.54) is 35.4 Å². The van der Waals surface area contributed by atoms with Crippen molar-refractivity contribution in [2.45, 2.75) is 26.4 Å². The smallest absolute Gasteiger partial charge is 0.425 e. The Balaban J connectivity index is 1.79. The van der Waals surface area contributed by atoms with Crippen molar-refractivity contribution in [1.82, 2.24) is 18.7 Å². The van der Waals surface area contributed by atoms with Crippen LogP contribution in [-0.2, 0) is 29.6 Å². The van der Waals surface area contributed by atoms with Crippen LogP contribution in [0.4, 0.5) is 13.2 Å². The number of halogens is 3. The average molecular weight is 549 g/mol. The Morgan fingerprint density at radius 2 is 1.67 bits per heavy atom. The molecule has 13 heteroatoms. The second-order valence-corrected chi connectivity index (χ2v) is 8.67. The quantitative estimate of drug-likeness (QED) is 0.264. The van der Waals surface area contributed by atoms with Crippen LogP contribution in [0.2, 0.25) is 0 Å². The lowest BCUT2D eigenvalue weighted by atomic mass is 10.1. The predicted octanol–water partition coefficient (Wildman–Crippen LogP) is 3.61. The number of aromatic nitrogens is 4. The summed E-state index contributed by atoms with van der Waals surface area (Å²) in [4.78, 5) is 31.0. The van der Waals surface area contributed by atoms with Crippen LogP contribution >= 0.6 is 0 Å². The Bertz CT molecular complexity index is 1560. The van der Waals surface area contributed by atoms with E-state index in [0.29, 0.717) is 13.2 Å². The molecule has 0 fully saturated rings. The van der Waals surface area contributed by atoms with Crippen LogP contribution in [0.25, 0.3) is 11.2 Å². The molecule has 2 heterocycles. The monoisotopic (exact) mass is 548 g/mol. The summed E-state index contributed by atoms with van der Waals surface area (Å²) in [6.45, 7) is 2.84. The maximum atomic E-state index is 13.6. The molecule has 2 aromatic carbocycles. The Morgan fingerprint density at radius 3 is 2.36 bits per heavy atom. The summed E-state index contributed by atoms with van der Waals surface area (Å²) in [6.07, 6.45) is -4.88. The van der Waals surface area contributed by atoms with Crippen molar-refractivity contribution >= 4 is 11.2 Å². The number of alkyl halides is 3. The number of aryl methyl sites for hydroxylation is 2. The molecule has 0 aliphatic rings. The SMILES string of the molecule is COCCOCCn1c(=O)c2c(nc(Oc3cccc(OC(F)(F)F)c3)n2Cc2ccc(C)cc2)n(C)c1=O. The van der Waals surface area contributed by atoms with Gasteiger partial charge in [0.1, 0.15) is 11.5 Å². The van der Waals surface area contributed by atoms with Crippen LogP contribution < -0.4 is 20.7 Å². The second kappa shape index (κ2) is 11.7. The van der Waals surface area contributed by atoms with Crippen LogP contribution in [0.15, 0.2) is 58.1 Å². The molecule has 0 saturated heterocycles. The highest BCUT2D eigenvalue weighted by molar-refractivity contribution is 5.72. The number of nitrogens with zero attached hydrogens (tertiary/aromatic N) is 4. The van der Waals surface area contributed by atoms with Gasteiger partial charge in [0.15, 0.2) is 11.2 Å². The molecule has 208 valence electrons. The standard InChI is InChI=1S/C26H27F3N4O6/c1-17-7-9-18(10-8-17)16-33-21-22(31(2)25(35)32(23(21)34)11-12-37-14-13-36-3)30-24(33)38-19-5-4-6-20(15-19)39-26(27,28)29/h4-10,15H,11-14,16H2,1-3H3. The summed E-state index contributed by atoms with van der Waals surface area (Å²) in [7, 11) is 3.00. The molecule has 4 aromatic rings. The van der Waals surface area contributed by atoms with Gasteiger partial charge >= 0.3 is 18.1 Å². The van der Waals surface area contributed by atoms with Crippen molar-refractivity contribution in [3.8, 4) is 17.5 Å². The first-order valence-corrected chi connectivity index (χ1v) is 11.9. The molecule has 0 radical (unpaired) electrons. The van der Waals surface area contributed by atoms with Gasteiger partial charge < -0.3 is 18.9 Å². The normalized spacial score (nSPS) is 11.7. The highest BCUT2D eigenvalue weighted by Gasteiger charge is 2.31. The number of methoxy groups -OCH3 is 1. The Labute approximate surface area is 220 Å². The fourth-order valence-electron chi connectivity index (χ4n) is 3.89. The zero-order chi connectivity index (χ0) is 28.2. The van der Waals surface area contributed by atoms with Crippen LogP contribution in [-0.4, -0.2) is 52.0 Å². The second-order valence-electron chi connectivity index (χ2n) is 8.67. The Morgan fingerprint density at radius 1 is 0.949 bits per heavy atom. The first kappa shape index (κ1) is 27.9. The van der Waals surface area contributed by atoms with Crippen molar-refractivity contribution in [3.63, 3.8) is 0 Å². The van der Waals surface area contributed by atoms with E-state index in [0.717, 1.165) is 27.8 Å². The minimum absolute atomic E-state index is 0.00548. The van der Waals surface area contributed by atoms with E-state index in [9.17, 15) is 22.8 Å². The summed E-state index contributed by atoms with van der Waals surface area (Å²) in [5, 5.41) is 0. The summed E-state index contributed by atoms with van der Waals surface area (Å²) in [6, 6.07) is 12.4. The van der Waals surface area contributed by atoms with Gasteiger partial charge in [-0.25, -0.2) is 4.79 Å². The lowest BCUT2D eigenvalue weighted by Crippen LogP contribution is -2.40. The molecule has 4 rings (SSSR count). The molecule has 0 saturated carbocycles. The maximum Gasteiger partial charge on any atom is 0.573 e. The number of fused-ring (bicyclic) bond motifs is 1. The summed E-state index contributed by atoms with van der Waals surface area (Å²) in [5.74, 6) is -0.487. The zero-order valence-corrected chi connectivity index (χ0v) is 21.5. The molecule has 0 aliphatic heterocycles. The molecule has 2 aromatic heterocycles. The average Bonchev–Trinajstić information content (AvgIpc) is 3.22. The van der Waals surface area contributed by atoms with E-state index in [-0.39, 0.29) is 42.6 Å². The third kappa shape index (κ3) is 6.67. The van der Waals surface area contributed by atoms with Crippen molar-refractivity contribution in [1.29, 1.82) is 0 Å². The number of rotatable bonds is 11. The largest absolute Gasteiger partial charge is 0.573 e. The van der Waals surface area contributed by atoms with Crippen molar-refractivity contribution in [2.75, 3.05) is 26.9 Å². The van der Waals surface area contributed by atoms with Gasteiger partial charge in [0.05, 0.1) is 32.9 Å². The minimum Gasteiger partial charge on any atom is -0.425 e. The lowest BCUT2D eigenvalue weighted by Gasteiger charge is -2.13. The van der Waals surface area contributed by atoms with Gasteiger partial charge in [-0.2, -0.15) is 4.98 Å². The van der Waals surface area contributed by atoms with E-state index >= 15 is 0 Å². The van der Waals surface area contributed by atoms with Gasteiger partial charge in [-0.3, -0.25) is 18.5 Å². The van der Waals surface area contributed by atoms with Gasteiger partial charge in [-0.1, -0.05) is 35.9 Å². The molecule has 0 atom stereocenters. The van der Waals surface area contributed by atoms with Gasteiger partial charge in [0, 0.05) is 20.2 Å². The number of hydrogen-bond acceptors (Lipinski definition) is 7. The number of imidazole rings is 1. The zero-order valence-electron chi connectivity index (χ0n) is 21.5. The van der Waals surface area contributed by atoms with Crippen molar-refractivity contribution in [2.24, 2.45) is 7.05 Å². The fourth-order valence-corrected chi connectivity index (χ4v) is 3.89. The molecular weight excluding hydrogens is 521 g/mol.